The van der Waals surface area contributed by atoms with Crippen LogP contribution in [0.5, 0.6) is 0 Å². The molecule has 2 aromatic carbocycles. The quantitative estimate of drug-likeness (QED) is 0.572. The van der Waals surface area contributed by atoms with Crippen LogP contribution in [0, 0.1) is 5.41 Å². The van der Waals surface area contributed by atoms with Crippen LogP contribution in [0.15, 0.2) is 77.1 Å². The van der Waals surface area contributed by atoms with Crippen molar-refractivity contribution in [3.05, 3.63) is 82.7 Å². The lowest BCUT2D eigenvalue weighted by Crippen LogP contribution is -2.35. The largest absolute Gasteiger partial charge is 0.374 e. The number of ether oxygens (including phenoxy) is 1. The maximum Gasteiger partial charge on any atom is 0.0785 e. The zero-order chi connectivity index (χ0) is 21.3. The van der Waals surface area contributed by atoms with Crippen molar-refractivity contribution < 1.29 is 4.74 Å². The number of hydrogen-bond acceptors (Lipinski definition) is 2. The Balaban J connectivity index is 1.75. The van der Waals surface area contributed by atoms with E-state index in [2.05, 4.69) is 94.5 Å². The van der Waals surface area contributed by atoms with E-state index in [-0.39, 0.29) is 6.10 Å². The predicted octanol–water partition coefficient (Wildman–Crippen LogP) is 7.20. The van der Waals surface area contributed by atoms with Gasteiger partial charge in [-0.25, -0.2) is 0 Å². The summed E-state index contributed by atoms with van der Waals surface area (Å²) in [6, 6.07) is 19.8. The third kappa shape index (κ3) is 4.11. The van der Waals surface area contributed by atoms with Crippen LogP contribution in [0.2, 0.25) is 0 Å². The van der Waals surface area contributed by atoms with Crippen molar-refractivity contribution in [2.45, 2.75) is 65.9 Å². The van der Waals surface area contributed by atoms with E-state index >= 15 is 0 Å². The first-order valence-corrected chi connectivity index (χ1v) is 11.4. The van der Waals surface area contributed by atoms with Crippen LogP contribution in [0.25, 0.3) is 11.1 Å². The molecule has 4 rings (SSSR count). The number of nitrogens with one attached hydrogen (secondary N) is 1. The monoisotopic (exact) mass is 401 g/mol. The smallest absolute Gasteiger partial charge is 0.0785 e. The van der Waals surface area contributed by atoms with Gasteiger partial charge >= 0.3 is 0 Å². The van der Waals surface area contributed by atoms with Gasteiger partial charge in [0.1, 0.15) is 0 Å². The highest BCUT2D eigenvalue weighted by molar-refractivity contribution is 5.64. The Bertz CT molecular complexity index is 950. The Hall–Kier alpha value is -2.32. The summed E-state index contributed by atoms with van der Waals surface area (Å²) in [6.07, 6.45) is 3.61. The van der Waals surface area contributed by atoms with Crippen LogP contribution in [0.3, 0.4) is 0 Å². The van der Waals surface area contributed by atoms with Gasteiger partial charge in [-0.1, -0.05) is 68.4 Å². The van der Waals surface area contributed by atoms with Gasteiger partial charge in [-0.2, -0.15) is 0 Å². The lowest BCUT2D eigenvalue weighted by Gasteiger charge is -2.42. The van der Waals surface area contributed by atoms with Crippen molar-refractivity contribution in [1.29, 1.82) is 0 Å². The second kappa shape index (κ2) is 8.43. The van der Waals surface area contributed by atoms with E-state index < -0.39 is 0 Å². The second-order valence-corrected chi connectivity index (χ2v) is 9.57. The first kappa shape index (κ1) is 20.9. The molecule has 2 aliphatic rings. The summed E-state index contributed by atoms with van der Waals surface area (Å²) < 4.78 is 6.10. The maximum atomic E-state index is 6.10. The van der Waals surface area contributed by atoms with Crippen LogP contribution in [-0.2, 0) is 4.74 Å². The molecule has 2 atom stereocenters. The molecule has 0 saturated carbocycles. The van der Waals surface area contributed by atoms with Crippen LogP contribution in [0.4, 0.5) is 0 Å². The Labute approximate surface area is 182 Å². The van der Waals surface area contributed by atoms with Gasteiger partial charge in [-0.15, -0.1) is 0 Å². The highest BCUT2D eigenvalue weighted by Gasteiger charge is 2.37. The second-order valence-electron chi connectivity index (χ2n) is 9.57. The van der Waals surface area contributed by atoms with Gasteiger partial charge in [-0.3, -0.25) is 0 Å². The van der Waals surface area contributed by atoms with Crippen LogP contribution >= 0.6 is 0 Å². The molecule has 0 radical (unpaired) electrons. The molecule has 158 valence electrons. The summed E-state index contributed by atoms with van der Waals surface area (Å²) in [5.74, 6) is 0.309. The molecule has 1 N–H and O–H groups in total. The van der Waals surface area contributed by atoms with Gasteiger partial charge in [0.05, 0.1) is 6.10 Å². The van der Waals surface area contributed by atoms with Crippen molar-refractivity contribution in [3.8, 4) is 11.1 Å². The van der Waals surface area contributed by atoms with Crippen molar-refractivity contribution >= 4 is 0 Å². The van der Waals surface area contributed by atoms with Crippen molar-refractivity contribution in [1.82, 2.24) is 5.32 Å². The summed E-state index contributed by atoms with van der Waals surface area (Å²) in [5, 5.41) is 3.78. The third-order valence-electron chi connectivity index (χ3n) is 6.75. The van der Waals surface area contributed by atoms with Gasteiger partial charge in [0, 0.05) is 23.9 Å². The van der Waals surface area contributed by atoms with E-state index in [1.54, 1.807) is 5.57 Å². The molecule has 0 saturated heterocycles. The number of hydrogen-bond donors (Lipinski definition) is 1. The van der Waals surface area contributed by atoms with Gasteiger partial charge in [0.15, 0.2) is 0 Å². The highest BCUT2D eigenvalue weighted by atomic mass is 16.5. The van der Waals surface area contributed by atoms with Crippen LogP contribution < -0.4 is 5.32 Å². The fourth-order valence-corrected chi connectivity index (χ4v) is 5.21. The minimum absolute atomic E-state index is 0.102. The molecule has 1 aliphatic heterocycles. The summed E-state index contributed by atoms with van der Waals surface area (Å²) in [4.78, 5) is 0. The first-order valence-electron chi connectivity index (χ1n) is 11.4. The summed E-state index contributed by atoms with van der Waals surface area (Å²) in [6.45, 7) is 12.0. The molecular weight excluding hydrogens is 366 g/mol. The SMILES string of the molecule is CCOC(C)C1=C(C)NC2=C(CCC(C)(C)C2)C1c1ccc(-c2ccccc2)cc1. The number of rotatable bonds is 5. The van der Waals surface area contributed by atoms with E-state index in [1.807, 2.05) is 0 Å². The standard InChI is InChI=1S/C28H35NO/c1-6-30-20(3)26-19(2)29-25-18-28(4,5)17-16-24(25)27(26)23-14-12-22(13-15-23)21-10-8-7-9-11-21/h7-15,20,27,29H,6,16-18H2,1-5H3. The fourth-order valence-electron chi connectivity index (χ4n) is 5.21. The van der Waals surface area contributed by atoms with Crippen molar-refractivity contribution in [3.63, 3.8) is 0 Å². The summed E-state index contributed by atoms with van der Waals surface area (Å²) >= 11 is 0. The van der Waals surface area contributed by atoms with Crippen LogP contribution in [-0.4, -0.2) is 12.7 Å². The van der Waals surface area contributed by atoms with Crippen molar-refractivity contribution in [2.24, 2.45) is 5.41 Å². The molecule has 1 aliphatic carbocycles. The average molecular weight is 402 g/mol. The average Bonchev–Trinajstić information content (AvgIpc) is 2.73. The fraction of sp³-hybridized carbons (Fsp3) is 0.429. The van der Waals surface area contributed by atoms with E-state index in [1.165, 1.54) is 40.1 Å². The Kier molecular flexibility index (Phi) is 5.88. The van der Waals surface area contributed by atoms with Gasteiger partial charge in [-0.05, 0) is 73.3 Å². The minimum atomic E-state index is 0.102. The molecule has 0 aromatic heterocycles. The molecule has 0 spiro atoms. The lowest BCUT2D eigenvalue weighted by atomic mass is 9.68. The van der Waals surface area contributed by atoms with E-state index in [4.69, 9.17) is 4.74 Å². The molecule has 2 heteroatoms. The Morgan fingerprint density at radius 3 is 2.37 bits per heavy atom. The zero-order valence-electron chi connectivity index (χ0n) is 19.1. The minimum Gasteiger partial charge on any atom is -0.374 e. The normalized spacial score (nSPS) is 21.8. The van der Waals surface area contributed by atoms with Gasteiger partial charge < -0.3 is 10.1 Å². The van der Waals surface area contributed by atoms with E-state index in [0.29, 0.717) is 11.3 Å². The third-order valence-corrected chi connectivity index (χ3v) is 6.75. The molecule has 0 fully saturated rings. The molecule has 2 nitrogen and oxygen atoms in total. The van der Waals surface area contributed by atoms with Gasteiger partial charge in [0.25, 0.3) is 0 Å². The van der Waals surface area contributed by atoms with E-state index in [9.17, 15) is 0 Å². The highest BCUT2D eigenvalue weighted by Crippen LogP contribution is 2.49. The molecule has 2 aromatic rings. The van der Waals surface area contributed by atoms with Crippen molar-refractivity contribution in [2.75, 3.05) is 6.61 Å². The lowest BCUT2D eigenvalue weighted by molar-refractivity contribution is 0.0959. The molecular formula is C28H35NO. The molecule has 2 unspecified atom stereocenters. The predicted molar refractivity (Wildman–Crippen MR) is 126 cm³/mol. The summed E-state index contributed by atoms with van der Waals surface area (Å²) in [5.41, 5.74) is 9.94. The molecule has 0 bridgehead atoms. The Morgan fingerprint density at radius 2 is 1.70 bits per heavy atom. The number of benzene rings is 2. The maximum absolute atomic E-state index is 6.10. The van der Waals surface area contributed by atoms with Crippen LogP contribution in [0.1, 0.15) is 65.4 Å². The molecule has 0 amide bonds. The zero-order valence-corrected chi connectivity index (χ0v) is 19.1. The van der Waals surface area contributed by atoms with Gasteiger partial charge in [0.2, 0.25) is 0 Å². The molecule has 30 heavy (non-hydrogen) atoms. The Morgan fingerprint density at radius 1 is 1.03 bits per heavy atom. The number of dihydropyridines is 1. The number of allylic oxidation sites excluding steroid dienone is 3. The van der Waals surface area contributed by atoms with E-state index in [0.717, 1.165) is 19.4 Å². The molecule has 1 heterocycles. The topological polar surface area (TPSA) is 21.3 Å². The first-order chi connectivity index (χ1) is 14.4. The summed E-state index contributed by atoms with van der Waals surface area (Å²) in [7, 11) is 0.